The monoisotopic (exact) mass is 317 g/mol. The number of hydrogen-bond acceptors (Lipinski definition) is 5. The maximum Gasteiger partial charge on any atom is 0.192 e. The lowest BCUT2D eigenvalue weighted by molar-refractivity contribution is 0.215. The number of allylic oxidation sites excluding steroid dienone is 3. The zero-order valence-electron chi connectivity index (χ0n) is 12.5. The van der Waals surface area contributed by atoms with E-state index >= 15 is 0 Å². The molecule has 1 rings (SSSR count). The SMILES string of the molecule is CO/N=C/C1=CC=C(CO[Si](C)(C)C(C)(C)C)SS1. The number of oxime groups is 1. The predicted molar refractivity (Wildman–Crippen MR) is 90.0 cm³/mol. The summed E-state index contributed by atoms with van der Waals surface area (Å²) in [5.74, 6) is 0. The quantitative estimate of drug-likeness (QED) is 0.315. The fourth-order valence-electron chi connectivity index (χ4n) is 1.04. The molecule has 0 fully saturated rings. The Kier molecular flexibility index (Phi) is 6.23. The summed E-state index contributed by atoms with van der Waals surface area (Å²) in [5, 5.41) is 4.01. The van der Waals surface area contributed by atoms with Gasteiger partial charge in [-0.3, -0.25) is 0 Å². The molecule has 0 aliphatic carbocycles. The molecule has 0 aromatic rings. The van der Waals surface area contributed by atoms with Crippen molar-refractivity contribution in [2.75, 3.05) is 13.7 Å². The molecule has 19 heavy (non-hydrogen) atoms. The van der Waals surface area contributed by atoms with E-state index in [0.29, 0.717) is 6.61 Å². The Balaban J connectivity index is 2.55. The van der Waals surface area contributed by atoms with E-state index in [1.165, 1.54) is 4.91 Å². The van der Waals surface area contributed by atoms with Gasteiger partial charge in [0.25, 0.3) is 0 Å². The van der Waals surface area contributed by atoms with Crippen molar-refractivity contribution in [3.05, 3.63) is 22.0 Å². The largest absolute Gasteiger partial charge is 0.412 e. The van der Waals surface area contributed by atoms with Crippen molar-refractivity contribution in [1.29, 1.82) is 0 Å². The Morgan fingerprint density at radius 2 is 1.95 bits per heavy atom. The van der Waals surface area contributed by atoms with Crippen molar-refractivity contribution < 1.29 is 9.26 Å². The van der Waals surface area contributed by atoms with Gasteiger partial charge < -0.3 is 9.26 Å². The van der Waals surface area contributed by atoms with Gasteiger partial charge in [0.2, 0.25) is 0 Å². The summed E-state index contributed by atoms with van der Waals surface area (Å²) in [5.41, 5.74) is 0. The van der Waals surface area contributed by atoms with Gasteiger partial charge in [0.15, 0.2) is 8.32 Å². The van der Waals surface area contributed by atoms with Crippen molar-refractivity contribution in [2.45, 2.75) is 38.9 Å². The van der Waals surface area contributed by atoms with E-state index in [1.807, 2.05) is 6.08 Å². The zero-order chi connectivity index (χ0) is 14.5. The number of rotatable bonds is 5. The Labute approximate surface area is 125 Å². The maximum absolute atomic E-state index is 6.20. The highest BCUT2D eigenvalue weighted by Crippen LogP contribution is 2.41. The van der Waals surface area contributed by atoms with Crippen molar-refractivity contribution in [3.63, 3.8) is 0 Å². The van der Waals surface area contributed by atoms with Crippen LogP contribution >= 0.6 is 21.6 Å². The molecule has 0 radical (unpaired) electrons. The molecule has 1 aliphatic heterocycles. The first-order valence-corrected chi connectivity index (χ1v) is 11.3. The lowest BCUT2D eigenvalue weighted by Gasteiger charge is -2.36. The van der Waals surface area contributed by atoms with E-state index in [-0.39, 0.29) is 5.04 Å². The summed E-state index contributed by atoms with van der Waals surface area (Å²) in [7, 11) is 3.31. The highest BCUT2D eigenvalue weighted by atomic mass is 33.1. The van der Waals surface area contributed by atoms with Gasteiger partial charge in [-0.05, 0) is 30.3 Å². The van der Waals surface area contributed by atoms with Crippen molar-refractivity contribution in [1.82, 2.24) is 0 Å². The first-order valence-electron chi connectivity index (χ1n) is 6.22. The second kappa shape index (κ2) is 7.01. The minimum Gasteiger partial charge on any atom is -0.412 e. The van der Waals surface area contributed by atoms with Crippen LogP contribution in [0.15, 0.2) is 27.1 Å². The molecule has 0 saturated heterocycles. The third-order valence-corrected chi connectivity index (χ3v) is 10.3. The van der Waals surface area contributed by atoms with Crippen LogP contribution in [0.1, 0.15) is 20.8 Å². The summed E-state index contributed by atoms with van der Waals surface area (Å²) < 4.78 is 6.20. The van der Waals surface area contributed by atoms with Crippen LogP contribution in [0.25, 0.3) is 0 Å². The van der Waals surface area contributed by atoms with E-state index in [9.17, 15) is 0 Å². The predicted octanol–water partition coefficient (Wildman–Crippen LogP) is 4.80. The van der Waals surface area contributed by atoms with E-state index in [1.54, 1.807) is 34.9 Å². The minimum absolute atomic E-state index is 0.256. The molecule has 1 aliphatic rings. The van der Waals surface area contributed by atoms with E-state index in [0.717, 1.165) is 4.91 Å². The van der Waals surface area contributed by atoms with Gasteiger partial charge in [-0.25, -0.2) is 0 Å². The third kappa shape index (κ3) is 5.37. The molecule has 0 spiro atoms. The fraction of sp³-hybridized carbons (Fsp3) is 0.615. The van der Waals surface area contributed by atoms with Crippen LogP contribution in [-0.2, 0) is 9.26 Å². The molecule has 0 unspecified atom stereocenters. The third-order valence-electron chi connectivity index (χ3n) is 3.35. The smallest absolute Gasteiger partial charge is 0.192 e. The topological polar surface area (TPSA) is 30.8 Å². The van der Waals surface area contributed by atoms with Gasteiger partial charge >= 0.3 is 0 Å². The van der Waals surface area contributed by atoms with E-state index < -0.39 is 8.32 Å². The van der Waals surface area contributed by atoms with Crippen LogP contribution in [0, 0.1) is 0 Å². The van der Waals surface area contributed by atoms with Gasteiger partial charge in [-0.15, -0.1) is 0 Å². The van der Waals surface area contributed by atoms with Gasteiger partial charge in [-0.1, -0.05) is 47.5 Å². The average Bonchev–Trinajstić information content (AvgIpc) is 2.34. The molecule has 0 bridgehead atoms. The molecule has 1 heterocycles. The summed E-state index contributed by atoms with van der Waals surface area (Å²) >= 11 is 0. The average molecular weight is 318 g/mol. The maximum atomic E-state index is 6.20. The fourth-order valence-corrected chi connectivity index (χ4v) is 3.96. The van der Waals surface area contributed by atoms with Gasteiger partial charge in [0, 0.05) is 9.81 Å². The summed E-state index contributed by atoms with van der Waals surface area (Å²) in [6, 6.07) is 0. The molecular weight excluding hydrogens is 294 g/mol. The van der Waals surface area contributed by atoms with Crippen LogP contribution in [0.4, 0.5) is 0 Å². The van der Waals surface area contributed by atoms with Crippen LogP contribution in [-0.4, -0.2) is 28.2 Å². The second-order valence-corrected chi connectivity index (χ2v) is 13.0. The normalized spacial score (nSPS) is 17.4. The number of nitrogens with zero attached hydrogens (tertiary/aromatic N) is 1. The van der Waals surface area contributed by atoms with Crippen LogP contribution in [0.3, 0.4) is 0 Å². The summed E-state index contributed by atoms with van der Waals surface area (Å²) in [4.78, 5) is 7.01. The van der Waals surface area contributed by atoms with Gasteiger partial charge in [-0.2, -0.15) is 0 Å². The molecule has 0 atom stereocenters. The van der Waals surface area contributed by atoms with Crippen LogP contribution in [0.5, 0.6) is 0 Å². The first-order chi connectivity index (χ1) is 8.76. The highest BCUT2D eigenvalue weighted by molar-refractivity contribution is 8.79. The van der Waals surface area contributed by atoms with Crippen molar-refractivity contribution in [3.8, 4) is 0 Å². The molecule has 0 aromatic carbocycles. The molecule has 6 heteroatoms. The van der Waals surface area contributed by atoms with Gasteiger partial charge in [0.1, 0.15) is 7.11 Å². The minimum atomic E-state index is -1.66. The standard InChI is InChI=1S/C13H23NO2S2Si/c1-13(2,3)19(5,6)16-10-12-8-7-11(17-18-12)9-14-15-4/h7-9H,10H2,1-6H3/b14-9+. The Bertz CT molecular complexity index is 398. The van der Waals surface area contributed by atoms with E-state index in [2.05, 4.69) is 49.9 Å². The van der Waals surface area contributed by atoms with Crippen molar-refractivity contribution >= 4 is 36.1 Å². The second-order valence-electron chi connectivity index (χ2n) is 5.83. The summed E-state index contributed by atoms with van der Waals surface area (Å²) in [6.45, 7) is 12.0. The lowest BCUT2D eigenvalue weighted by Crippen LogP contribution is -2.41. The summed E-state index contributed by atoms with van der Waals surface area (Å²) in [6.07, 6.45) is 5.87. The molecule has 0 amide bonds. The zero-order valence-corrected chi connectivity index (χ0v) is 15.2. The van der Waals surface area contributed by atoms with Crippen molar-refractivity contribution in [2.24, 2.45) is 5.16 Å². The molecule has 0 N–H and O–H groups in total. The Morgan fingerprint density at radius 3 is 2.42 bits per heavy atom. The molecule has 108 valence electrons. The van der Waals surface area contributed by atoms with Crippen LogP contribution in [0.2, 0.25) is 18.1 Å². The molecule has 0 aromatic heterocycles. The Morgan fingerprint density at radius 1 is 1.26 bits per heavy atom. The first kappa shape index (κ1) is 16.9. The lowest BCUT2D eigenvalue weighted by atomic mass is 10.2. The van der Waals surface area contributed by atoms with Gasteiger partial charge in [0.05, 0.1) is 12.8 Å². The molecular formula is C13H23NO2S2Si. The molecule has 3 nitrogen and oxygen atoms in total. The number of hydrogen-bond donors (Lipinski definition) is 0. The Hall–Kier alpha value is -0.173. The van der Waals surface area contributed by atoms with Crippen LogP contribution < -0.4 is 0 Å². The highest BCUT2D eigenvalue weighted by Gasteiger charge is 2.37. The molecule has 0 saturated carbocycles. The van der Waals surface area contributed by atoms with E-state index in [4.69, 9.17) is 4.43 Å².